The Morgan fingerprint density at radius 1 is 1.25 bits per heavy atom. The third-order valence-corrected chi connectivity index (χ3v) is 3.93. The van der Waals surface area contributed by atoms with Crippen LogP contribution in [0.3, 0.4) is 0 Å². The van der Waals surface area contributed by atoms with Gasteiger partial charge in [0.05, 0.1) is 5.60 Å². The molecule has 8 nitrogen and oxygen atoms in total. The Balaban J connectivity index is 2.48. The molecule has 1 aliphatic rings. The zero-order valence-electron chi connectivity index (χ0n) is 13.8. The first kappa shape index (κ1) is 20.8. The van der Waals surface area contributed by atoms with E-state index in [0.29, 0.717) is 18.4 Å². The first-order valence-corrected chi connectivity index (χ1v) is 7.66. The van der Waals surface area contributed by atoms with E-state index in [1.165, 1.54) is 13.0 Å². The Labute approximate surface area is 140 Å². The van der Waals surface area contributed by atoms with Gasteiger partial charge in [0, 0.05) is 5.57 Å². The maximum absolute atomic E-state index is 11.9. The van der Waals surface area contributed by atoms with Gasteiger partial charge < -0.3 is 35.0 Å². The Morgan fingerprint density at radius 2 is 1.88 bits per heavy atom. The molecule has 1 unspecified atom stereocenters. The predicted octanol–water partition coefficient (Wildman–Crippen LogP) is -1.01. The second kappa shape index (κ2) is 8.70. The minimum absolute atomic E-state index is 0.307. The lowest BCUT2D eigenvalue weighted by Gasteiger charge is -2.37. The van der Waals surface area contributed by atoms with Crippen LogP contribution in [0.4, 0.5) is 0 Å². The predicted molar refractivity (Wildman–Crippen MR) is 83.7 cm³/mol. The lowest BCUT2D eigenvalue weighted by atomic mass is 9.99. The number of hydrogen-bond acceptors (Lipinski definition) is 8. The summed E-state index contributed by atoms with van der Waals surface area (Å²) in [5.74, 6) is -0.654. The quantitative estimate of drug-likeness (QED) is 0.225. The second-order valence-corrected chi connectivity index (χ2v) is 6.12. The van der Waals surface area contributed by atoms with Crippen molar-refractivity contribution in [2.24, 2.45) is 0 Å². The third-order valence-electron chi connectivity index (χ3n) is 3.93. The topological polar surface area (TPSA) is 137 Å². The van der Waals surface area contributed by atoms with Crippen LogP contribution in [0.2, 0.25) is 0 Å². The highest BCUT2D eigenvalue weighted by molar-refractivity contribution is 5.87. The molecule has 5 N–H and O–H groups in total. The molecule has 1 heterocycles. The van der Waals surface area contributed by atoms with E-state index < -0.39 is 48.9 Å². The highest BCUT2D eigenvalue weighted by Gasteiger charge is 2.43. The molecule has 0 amide bonds. The third kappa shape index (κ3) is 5.66. The van der Waals surface area contributed by atoms with E-state index in [-0.39, 0.29) is 0 Å². The SMILES string of the molecule is C=CC(C)(O)CC/C=C(\C)C(=O)OC[C@H]1O[C@@H](O)[C@H](O)[C@@H](O)[C@@H]1O. The maximum Gasteiger partial charge on any atom is 0.333 e. The van der Waals surface area contributed by atoms with Crippen LogP contribution in [-0.2, 0) is 14.3 Å². The molecule has 0 bridgehead atoms. The summed E-state index contributed by atoms with van der Waals surface area (Å²) in [6.45, 7) is 6.26. The molecule has 0 saturated carbocycles. The number of esters is 1. The number of aliphatic hydroxyl groups is 5. The van der Waals surface area contributed by atoms with Crippen LogP contribution in [0.25, 0.3) is 0 Å². The van der Waals surface area contributed by atoms with Crippen molar-refractivity contribution < 1.29 is 39.8 Å². The Bertz CT molecular complexity index is 473. The number of allylic oxidation sites excluding steroid dienone is 1. The minimum Gasteiger partial charge on any atom is -0.459 e. The lowest BCUT2D eigenvalue weighted by Crippen LogP contribution is -2.58. The largest absolute Gasteiger partial charge is 0.459 e. The molecule has 0 aromatic carbocycles. The molecule has 0 aliphatic carbocycles. The van der Waals surface area contributed by atoms with Crippen LogP contribution in [0.15, 0.2) is 24.3 Å². The van der Waals surface area contributed by atoms with Crippen LogP contribution in [0.5, 0.6) is 0 Å². The molecule has 8 heteroatoms. The van der Waals surface area contributed by atoms with Gasteiger partial charge in [-0.05, 0) is 26.7 Å². The van der Waals surface area contributed by atoms with Gasteiger partial charge in [0.15, 0.2) is 6.29 Å². The van der Waals surface area contributed by atoms with Crippen LogP contribution in [-0.4, -0.2) is 74.4 Å². The van der Waals surface area contributed by atoms with E-state index >= 15 is 0 Å². The standard InChI is InChI=1S/C16H26O8/c1-4-16(3,22)7-5-6-9(2)14(20)23-8-10-11(17)12(18)13(19)15(21)24-10/h4,6,10-13,15,17-19,21-22H,1,5,7-8H2,2-3H3/b9-6+/t10-,11-,12+,13-,15-,16?/m1/s1. The molecule has 24 heavy (non-hydrogen) atoms. The van der Waals surface area contributed by atoms with Crippen molar-refractivity contribution in [3.63, 3.8) is 0 Å². The van der Waals surface area contributed by atoms with Crippen molar-refractivity contribution in [3.8, 4) is 0 Å². The molecule has 0 aromatic heterocycles. The maximum atomic E-state index is 11.9. The van der Waals surface area contributed by atoms with Crippen LogP contribution in [0.1, 0.15) is 26.7 Å². The van der Waals surface area contributed by atoms with Crippen LogP contribution < -0.4 is 0 Å². The zero-order chi connectivity index (χ0) is 18.5. The van der Waals surface area contributed by atoms with Crippen molar-refractivity contribution in [2.45, 2.75) is 63.0 Å². The summed E-state index contributed by atoms with van der Waals surface area (Å²) in [4.78, 5) is 11.9. The van der Waals surface area contributed by atoms with Gasteiger partial charge in [-0.15, -0.1) is 6.58 Å². The van der Waals surface area contributed by atoms with Crippen molar-refractivity contribution in [2.75, 3.05) is 6.61 Å². The molecular weight excluding hydrogens is 320 g/mol. The average molecular weight is 346 g/mol. The zero-order valence-corrected chi connectivity index (χ0v) is 13.8. The number of rotatable bonds is 7. The van der Waals surface area contributed by atoms with E-state index in [4.69, 9.17) is 9.47 Å². The minimum atomic E-state index is -1.68. The lowest BCUT2D eigenvalue weighted by molar-refractivity contribution is -0.287. The fraction of sp³-hybridized carbons (Fsp3) is 0.688. The Morgan fingerprint density at radius 3 is 2.46 bits per heavy atom. The van der Waals surface area contributed by atoms with Crippen LogP contribution >= 0.6 is 0 Å². The highest BCUT2D eigenvalue weighted by atomic mass is 16.6. The highest BCUT2D eigenvalue weighted by Crippen LogP contribution is 2.20. The second-order valence-electron chi connectivity index (χ2n) is 6.12. The number of ether oxygens (including phenoxy) is 2. The molecule has 138 valence electrons. The summed E-state index contributed by atoms with van der Waals surface area (Å²) in [7, 11) is 0. The van der Waals surface area contributed by atoms with E-state index in [1.54, 1.807) is 13.0 Å². The van der Waals surface area contributed by atoms with Crippen molar-refractivity contribution >= 4 is 5.97 Å². The number of aliphatic hydroxyl groups excluding tert-OH is 4. The van der Waals surface area contributed by atoms with Gasteiger partial charge in [-0.25, -0.2) is 4.79 Å². The first-order chi connectivity index (χ1) is 11.1. The van der Waals surface area contributed by atoms with Gasteiger partial charge in [0.2, 0.25) is 0 Å². The average Bonchev–Trinajstić information content (AvgIpc) is 2.54. The summed E-state index contributed by atoms with van der Waals surface area (Å²) in [6, 6.07) is 0. The molecule has 1 fully saturated rings. The summed E-state index contributed by atoms with van der Waals surface area (Å²) in [6.07, 6.45) is -3.72. The fourth-order valence-electron chi connectivity index (χ4n) is 2.11. The van der Waals surface area contributed by atoms with Gasteiger partial charge >= 0.3 is 5.97 Å². The Kier molecular flexibility index (Phi) is 7.53. The molecule has 0 aromatic rings. The molecule has 1 saturated heterocycles. The molecule has 6 atom stereocenters. The van der Waals surface area contributed by atoms with E-state index in [9.17, 15) is 30.3 Å². The van der Waals surface area contributed by atoms with Gasteiger partial charge in [-0.1, -0.05) is 12.2 Å². The summed E-state index contributed by atoms with van der Waals surface area (Å²) in [5, 5.41) is 47.8. The normalized spacial score (nSPS) is 33.6. The monoisotopic (exact) mass is 346 g/mol. The van der Waals surface area contributed by atoms with Gasteiger partial charge in [-0.2, -0.15) is 0 Å². The molecular formula is C16H26O8. The van der Waals surface area contributed by atoms with Gasteiger partial charge in [0.25, 0.3) is 0 Å². The number of carbonyl (C=O) groups excluding carboxylic acids is 1. The van der Waals surface area contributed by atoms with Gasteiger partial charge in [0.1, 0.15) is 31.0 Å². The molecule has 0 spiro atoms. The number of hydrogen-bond donors (Lipinski definition) is 5. The molecule has 0 radical (unpaired) electrons. The van der Waals surface area contributed by atoms with Crippen molar-refractivity contribution in [1.29, 1.82) is 0 Å². The van der Waals surface area contributed by atoms with Crippen molar-refractivity contribution in [1.82, 2.24) is 0 Å². The van der Waals surface area contributed by atoms with Gasteiger partial charge in [-0.3, -0.25) is 0 Å². The van der Waals surface area contributed by atoms with E-state index in [2.05, 4.69) is 6.58 Å². The summed E-state index contributed by atoms with van der Waals surface area (Å²) >= 11 is 0. The summed E-state index contributed by atoms with van der Waals surface area (Å²) in [5.41, 5.74) is -0.713. The van der Waals surface area contributed by atoms with E-state index in [1.807, 2.05) is 0 Å². The Hall–Kier alpha value is -1.29. The molecule has 1 aliphatic heterocycles. The number of carbonyl (C=O) groups is 1. The van der Waals surface area contributed by atoms with Crippen LogP contribution in [0, 0.1) is 0 Å². The fourth-order valence-corrected chi connectivity index (χ4v) is 2.11. The van der Waals surface area contributed by atoms with Crippen molar-refractivity contribution in [3.05, 3.63) is 24.3 Å². The van der Waals surface area contributed by atoms with E-state index in [0.717, 1.165) is 0 Å². The first-order valence-electron chi connectivity index (χ1n) is 7.66. The molecule has 1 rings (SSSR count). The summed E-state index contributed by atoms with van der Waals surface area (Å²) < 4.78 is 9.88. The smallest absolute Gasteiger partial charge is 0.333 e.